The number of rotatable bonds is 6. The van der Waals surface area contributed by atoms with Crippen LogP contribution in [0.25, 0.3) is 0 Å². The molecule has 0 spiro atoms. The molecule has 0 N–H and O–H groups in total. The van der Waals surface area contributed by atoms with Crippen LogP contribution in [-0.2, 0) is 10.1 Å². The minimum absolute atomic E-state index is 0.756. The van der Waals surface area contributed by atoms with Gasteiger partial charge in [0.25, 0.3) is 0 Å². The zero-order valence-electron chi connectivity index (χ0n) is 9.67. The van der Waals surface area contributed by atoms with Gasteiger partial charge in [-0.3, -0.25) is 0 Å². The molecule has 90 valence electrons. The predicted molar refractivity (Wildman–Crippen MR) is 76.5 cm³/mol. The molecular formula is C12H17Br2NO. The van der Waals surface area contributed by atoms with Crippen molar-refractivity contribution in [1.29, 1.82) is 0 Å². The Morgan fingerprint density at radius 3 is 2.62 bits per heavy atom. The average molecular weight is 351 g/mol. The zero-order valence-corrected chi connectivity index (χ0v) is 12.8. The normalized spacial score (nSPS) is 10.5. The second kappa shape index (κ2) is 7.30. The molecule has 0 saturated carbocycles. The molecule has 0 fully saturated rings. The number of likely N-dealkylation sites (N-methyl/N-ethyl adjacent to an activating group) is 1. The molecule has 0 saturated heterocycles. The Balaban J connectivity index is 2.80. The standard InChI is InChI=1S/C12H17Br2NO/c1-3-15(6-7-16-2)11-5-4-10(9-13)12(14)8-11/h4-5,8H,3,6-7,9H2,1-2H3. The molecule has 0 aromatic heterocycles. The van der Waals surface area contributed by atoms with E-state index in [1.54, 1.807) is 7.11 Å². The maximum absolute atomic E-state index is 5.11. The Bertz CT molecular complexity index is 331. The lowest BCUT2D eigenvalue weighted by Crippen LogP contribution is -2.26. The third-order valence-electron chi connectivity index (χ3n) is 2.49. The summed E-state index contributed by atoms with van der Waals surface area (Å²) in [5.74, 6) is 0. The number of hydrogen-bond donors (Lipinski definition) is 0. The maximum Gasteiger partial charge on any atom is 0.0637 e. The van der Waals surface area contributed by atoms with Gasteiger partial charge in [0.15, 0.2) is 0 Å². The second-order valence-electron chi connectivity index (χ2n) is 3.48. The summed E-state index contributed by atoms with van der Waals surface area (Å²) < 4.78 is 6.26. The number of halogens is 2. The summed E-state index contributed by atoms with van der Waals surface area (Å²) in [6.45, 7) is 4.82. The highest BCUT2D eigenvalue weighted by Gasteiger charge is 2.06. The summed E-state index contributed by atoms with van der Waals surface area (Å²) in [6.07, 6.45) is 0. The quantitative estimate of drug-likeness (QED) is 0.723. The number of hydrogen-bond acceptors (Lipinski definition) is 2. The van der Waals surface area contributed by atoms with Gasteiger partial charge in [-0.05, 0) is 24.6 Å². The van der Waals surface area contributed by atoms with Crippen molar-refractivity contribution < 1.29 is 4.74 Å². The highest BCUT2D eigenvalue weighted by molar-refractivity contribution is 9.10. The number of ether oxygens (including phenoxy) is 1. The first-order chi connectivity index (χ1) is 7.72. The summed E-state index contributed by atoms with van der Waals surface area (Å²) in [7, 11) is 1.73. The van der Waals surface area contributed by atoms with Gasteiger partial charge in [0, 0.05) is 35.7 Å². The molecule has 1 aromatic carbocycles. The van der Waals surface area contributed by atoms with Crippen molar-refractivity contribution in [3.8, 4) is 0 Å². The third-order valence-corrected chi connectivity index (χ3v) is 3.84. The van der Waals surface area contributed by atoms with Crippen LogP contribution >= 0.6 is 31.9 Å². The molecule has 4 heteroatoms. The van der Waals surface area contributed by atoms with E-state index in [2.05, 4.69) is 61.9 Å². The van der Waals surface area contributed by atoms with Crippen LogP contribution in [0.3, 0.4) is 0 Å². The summed E-state index contributed by atoms with van der Waals surface area (Å²) in [5.41, 5.74) is 2.50. The lowest BCUT2D eigenvalue weighted by Gasteiger charge is -2.23. The van der Waals surface area contributed by atoms with Crippen molar-refractivity contribution in [2.45, 2.75) is 12.3 Å². The molecule has 0 atom stereocenters. The molecule has 16 heavy (non-hydrogen) atoms. The number of methoxy groups -OCH3 is 1. The van der Waals surface area contributed by atoms with E-state index in [9.17, 15) is 0 Å². The van der Waals surface area contributed by atoms with E-state index < -0.39 is 0 Å². The second-order valence-corrected chi connectivity index (χ2v) is 4.90. The summed E-state index contributed by atoms with van der Waals surface area (Å²) >= 11 is 7.05. The van der Waals surface area contributed by atoms with Crippen LogP contribution in [0, 0.1) is 0 Å². The Kier molecular flexibility index (Phi) is 6.39. The van der Waals surface area contributed by atoms with Crippen molar-refractivity contribution in [3.05, 3.63) is 28.2 Å². The highest BCUT2D eigenvalue weighted by atomic mass is 79.9. The van der Waals surface area contributed by atoms with Gasteiger partial charge in [0.05, 0.1) is 6.61 Å². The Morgan fingerprint density at radius 1 is 1.38 bits per heavy atom. The summed E-state index contributed by atoms with van der Waals surface area (Å²) in [4.78, 5) is 2.30. The topological polar surface area (TPSA) is 12.5 Å². The Labute approximate surface area is 114 Å². The lowest BCUT2D eigenvalue weighted by molar-refractivity contribution is 0.205. The molecule has 1 rings (SSSR count). The first-order valence-corrected chi connectivity index (χ1v) is 7.22. The first-order valence-electron chi connectivity index (χ1n) is 5.31. The number of nitrogens with zero attached hydrogens (tertiary/aromatic N) is 1. The molecule has 0 aliphatic rings. The smallest absolute Gasteiger partial charge is 0.0637 e. The van der Waals surface area contributed by atoms with E-state index in [4.69, 9.17) is 4.74 Å². The molecule has 1 aromatic rings. The summed E-state index contributed by atoms with van der Waals surface area (Å²) in [5, 5.41) is 0.873. The minimum atomic E-state index is 0.756. The van der Waals surface area contributed by atoms with Crippen molar-refractivity contribution in [2.75, 3.05) is 31.7 Å². The largest absolute Gasteiger partial charge is 0.383 e. The molecule has 0 bridgehead atoms. The van der Waals surface area contributed by atoms with E-state index in [0.717, 1.165) is 29.5 Å². The van der Waals surface area contributed by atoms with Crippen LogP contribution < -0.4 is 4.90 Å². The first kappa shape index (κ1) is 14.0. The van der Waals surface area contributed by atoms with Crippen molar-refractivity contribution in [3.63, 3.8) is 0 Å². The fourth-order valence-electron chi connectivity index (χ4n) is 1.51. The molecule has 0 unspecified atom stereocenters. The van der Waals surface area contributed by atoms with Crippen LogP contribution in [0.2, 0.25) is 0 Å². The van der Waals surface area contributed by atoms with Gasteiger partial charge < -0.3 is 9.64 Å². The van der Waals surface area contributed by atoms with Gasteiger partial charge in [-0.1, -0.05) is 37.9 Å². The van der Waals surface area contributed by atoms with Gasteiger partial charge in [-0.2, -0.15) is 0 Å². The monoisotopic (exact) mass is 349 g/mol. The average Bonchev–Trinajstić information content (AvgIpc) is 2.30. The van der Waals surface area contributed by atoms with Crippen LogP contribution in [0.15, 0.2) is 22.7 Å². The van der Waals surface area contributed by atoms with E-state index in [1.807, 2.05) is 0 Å². The zero-order chi connectivity index (χ0) is 12.0. The van der Waals surface area contributed by atoms with Gasteiger partial charge in [-0.25, -0.2) is 0 Å². The van der Waals surface area contributed by atoms with Crippen molar-refractivity contribution in [1.82, 2.24) is 0 Å². The number of anilines is 1. The van der Waals surface area contributed by atoms with Gasteiger partial charge in [0.2, 0.25) is 0 Å². The number of alkyl halides is 1. The van der Waals surface area contributed by atoms with Crippen LogP contribution in [0.1, 0.15) is 12.5 Å². The lowest BCUT2D eigenvalue weighted by atomic mass is 10.2. The highest BCUT2D eigenvalue weighted by Crippen LogP contribution is 2.25. The third kappa shape index (κ3) is 3.75. The van der Waals surface area contributed by atoms with Crippen LogP contribution in [0.5, 0.6) is 0 Å². The molecule has 0 aliphatic heterocycles. The molecule has 0 aliphatic carbocycles. The minimum Gasteiger partial charge on any atom is -0.383 e. The SMILES string of the molecule is CCN(CCOC)c1ccc(CBr)c(Br)c1. The van der Waals surface area contributed by atoms with Gasteiger partial charge in [0.1, 0.15) is 0 Å². The molecule has 0 heterocycles. The predicted octanol–water partition coefficient (Wildman–Crippen LogP) is 3.82. The van der Waals surface area contributed by atoms with E-state index in [0.29, 0.717) is 0 Å². The van der Waals surface area contributed by atoms with Gasteiger partial charge in [-0.15, -0.1) is 0 Å². The number of benzene rings is 1. The molecule has 2 nitrogen and oxygen atoms in total. The fraction of sp³-hybridized carbons (Fsp3) is 0.500. The maximum atomic E-state index is 5.11. The molecule has 0 radical (unpaired) electrons. The molecule has 0 amide bonds. The van der Waals surface area contributed by atoms with Crippen LogP contribution in [0.4, 0.5) is 5.69 Å². The Hall–Kier alpha value is -0.0600. The summed E-state index contributed by atoms with van der Waals surface area (Å²) in [6, 6.07) is 6.46. The molecular weight excluding hydrogens is 334 g/mol. The van der Waals surface area contributed by atoms with E-state index >= 15 is 0 Å². The van der Waals surface area contributed by atoms with Crippen molar-refractivity contribution in [2.24, 2.45) is 0 Å². The van der Waals surface area contributed by atoms with Gasteiger partial charge >= 0.3 is 0 Å². The van der Waals surface area contributed by atoms with E-state index in [-0.39, 0.29) is 0 Å². The van der Waals surface area contributed by atoms with Crippen molar-refractivity contribution >= 4 is 37.5 Å². The Morgan fingerprint density at radius 2 is 2.12 bits per heavy atom. The van der Waals surface area contributed by atoms with E-state index in [1.165, 1.54) is 11.3 Å². The van der Waals surface area contributed by atoms with Crippen LogP contribution in [-0.4, -0.2) is 26.8 Å². The fourth-order valence-corrected chi connectivity index (χ4v) is 2.88.